The van der Waals surface area contributed by atoms with Gasteiger partial charge in [-0.1, -0.05) is 26.0 Å². The second-order valence-corrected chi connectivity index (χ2v) is 8.18. The van der Waals surface area contributed by atoms with E-state index in [0.29, 0.717) is 47.9 Å². The highest BCUT2D eigenvalue weighted by molar-refractivity contribution is 5.93. The highest BCUT2D eigenvalue weighted by Crippen LogP contribution is 2.42. The number of carbonyl (C=O) groups is 2. The Balaban J connectivity index is 1.63. The van der Waals surface area contributed by atoms with Gasteiger partial charge in [-0.3, -0.25) is 14.0 Å². The minimum absolute atomic E-state index is 0.0122. The van der Waals surface area contributed by atoms with Gasteiger partial charge < -0.3 is 10.2 Å². The molecule has 28 heavy (non-hydrogen) atoms. The Bertz CT molecular complexity index is 871. The van der Waals surface area contributed by atoms with E-state index in [1.165, 1.54) is 6.42 Å². The fourth-order valence-corrected chi connectivity index (χ4v) is 3.66. The highest BCUT2D eigenvalue weighted by atomic mass is 16.2. The molecule has 2 heterocycles. The molecular formula is C22H30N4O2. The molecule has 150 valence electrons. The summed E-state index contributed by atoms with van der Waals surface area (Å²) in [4.78, 5) is 31.1. The summed E-state index contributed by atoms with van der Waals surface area (Å²) in [6.45, 7) is 8.64. The van der Waals surface area contributed by atoms with Crippen LogP contribution < -0.4 is 5.32 Å². The first-order valence-electron chi connectivity index (χ1n) is 10.0. The molecule has 1 saturated carbocycles. The molecule has 2 atom stereocenters. The van der Waals surface area contributed by atoms with Crippen molar-refractivity contribution in [2.24, 2.45) is 17.8 Å². The molecule has 0 aliphatic heterocycles. The molecule has 1 aliphatic carbocycles. The average Bonchev–Trinajstić information content (AvgIpc) is 3.26. The quantitative estimate of drug-likeness (QED) is 0.667. The molecule has 0 radical (unpaired) electrons. The fourth-order valence-electron chi connectivity index (χ4n) is 3.66. The SMILES string of the molecule is C=CC1CC1CCCC(=O)Nc1cccc2nc(C(=O)N(C)CC(C)C)cn12. The first-order valence-corrected chi connectivity index (χ1v) is 10.0. The second kappa shape index (κ2) is 8.59. The van der Waals surface area contributed by atoms with Crippen molar-refractivity contribution in [2.75, 3.05) is 18.9 Å². The van der Waals surface area contributed by atoms with E-state index in [1.54, 1.807) is 22.5 Å². The van der Waals surface area contributed by atoms with Crippen LogP contribution in [0.2, 0.25) is 0 Å². The van der Waals surface area contributed by atoms with Gasteiger partial charge in [0.1, 0.15) is 17.2 Å². The van der Waals surface area contributed by atoms with E-state index in [1.807, 2.05) is 24.3 Å². The molecule has 1 N–H and O–H groups in total. The van der Waals surface area contributed by atoms with Gasteiger partial charge in [-0.15, -0.1) is 6.58 Å². The molecule has 6 nitrogen and oxygen atoms in total. The predicted molar refractivity (Wildman–Crippen MR) is 111 cm³/mol. The van der Waals surface area contributed by atoms with E-state index in [4.69, 9.17) is 0 Å². The number of pyridine rings is 1. The number of allylic oxidation sites excluding steroid dienone is 1. The number of rotatable bonds is 9. The number of nitrogens with one attached hydrogen (secondary N) is 1. The smallest absolute Gasteiger partial charge is 0.273 e. The molecule has 1 fully saturated rings. The minimum Gasteiger partial charge on any atom is -0.340 e. The molecule has 1 aliphatic rings. The zero-order valence-corrected chi connectivity index (χ0v) is 17.0. The summed E-state index contributed by atoms with van der Waals surface area (Å²) < 4.78 is 1.77. The normalized spacial score (nSPS) is 18.3. The topological polar surface area (TPSA) is 66.7 Å². The maximum absolute atomic E-state index is 12.6. The van der Waals surface area contributed by atoms with Gasteiger partial charge in [-0.25, -0.2) is 4.98 Å². The minimum atomic E-state index is -0.115. The summed E-state index contributed by atoms with van der Waals surface area (Å²) >= 11 is 0. The number of amides is 2. The number of imidazole rings is 1. The van der Waals surface area contributed by atoms with E-state index in [-0.39, 0.29) is 11.8 Å². The van der Waals surface area contributed by atoms with Gasteiger partial charge >= 0.3 is 0 Å². The molecule has 2 aromatic rings. The fraction of sp³-hybridized carbons (Fsp3) is 0.500. The van der Waals surface area contributed by atoms with Crippen LogP contribution >= 0.6 is 0 Å². The zero-order valence-electron chi connectivity index (χ0n) is 17.0. The third-order valence-electron chi connectivity index (χ3n) is 5.22. The number of anilines is 1. The Morgan fingerprint density at radius 1 is 1.43 bits per heavy atom. The number of hydrogen-bond donors (Lipinski definition) is 1. The van der Waals surface area contributed by atoms with E-state index < -0.39 is 0 Å². The summed E-state index contributed by atoms with van der Waals surface area (Å²) in [5, 5.41) is 2.96. The van der Waals surface area contributed by atoms with Crippen molar-refractivity contribution >= 4 is 23.3 Å². The van der Waals surface area contributed by atoms with Crippen molar-refractivity contribution in [1.82, 2.24) is 14.3 Å². The number of fused-ring (bicyclic) bond motifs is 1. The van der Waals surface area contributed by atoms with Crippen molar-refractivity contribution in [2.45, 2.75) is 39.5 Å². The summed E-state index contributed by atoms with van der Waals surface area (Å²) in [5.74, 6) is 2.25. The number of carbonyl (C=O) groups excluding carboxylic acids is 2. The van der Waals surface area contributed by atoms with E-state index in [9.17, 15) is 9.59 Å². The van der Waals surface area contributed by atoms with Gasteiger partial charge in [0.2, 0.25) is 5.91 Å². The lowest BCUT2D eigenvalue weighted by molar-refractivity contribution is -0.116. The first-order chi connectivity index (χ1) is 13.4. The maximum Gasteiger partial charge on any atom is 0.273 e. The number of nitrogens with zero attached hydrogens (tertiary/aromatic N) is 3. The van der Waals surface area contributed by atoms with Crippen LogP contribution in [-0.4, -0.2) is 39.7 Å². The van der Waals surface area contributed by atoms with Crippen LogP contribution in [0.4, 0.5) is 5.82 Å². The molecule has 6 heteroatoms. The summed E-state index contributed by atoms with van der Waals surface area (Å²) in [6, 6.07) is 5.49. The monoisotopic (exact) mass is 382 g/mol. The third-order valence-corrected chi connectivity index (χ3v) is 5.22. The molecule has 0 spiro atoms. The Kier molecular flexibility index (Phi) is 6.17. The highest BCUT2D eigenvalue weighted by Gasteiger charge is 2.33. The summed E-state index contributed by atoms with van der Waals surface area (Å²) in [7, 11) is 1.78. The van der Waals surface area contributed by atoms with E-state index >= 15 is 0 Å². The predicted octanol–water partition coefficient (Wildman–Crippen LogP) is 3.99. The average molecular weight is 383 g/mol. The Morgan fingerprint density at radius 3 is 2.89 bits per heavy atom. The number of hydrogen-bond acceptors (Lipinski definition) is 3. The molecule has 2 unspecified atom stereocenters. The van der Waals surface area contributed by atoms with Gasteiger partial charge in [-0.05, 0) is 49.1 Å². The lowest BCUT2D eigenvalue weighted by Gasteiger charge is -2.17. The van der Waals surface area contributed by atoms with Crippen LogP contribution in [0.5, 0.6) is 0 Å². The standard InChI is InChI=1S/C22H30N4O2/c1-5-16-12-17(16)8-6-11-21(27)24-20-10-7-9-19-23-18(14-26(19)20)22(28)25(4)13-15(2)3/h5,7,9-10,14-17H,1,6,8,11-13H2,2-4H3,(H,24,27). The first kappa shape index (κ1) is 20.1. The van der Waals surface area contributed by atoms with Gasteiger partial charge in [-0.2, -0.15) is 0 Å². The molecule has 2 amide bonds. The van der Waals surface area contributed by atoms with Crippen LogP contribution in [0.15, 0.2) is 37.1 Å². The molecule has 0 aromatic carbocycles. The second-order valence-electron chi connectivity index (χ2n) is 8.18. The molecule has 0 saturated heterocycles. The molecule has 2 aromatic heterocycles. The van der Waals surface area contributed by atoms with Crippen LogP contribution in [0.1, 0.15) is 50.0 Å². The van der Waals surface area contributed by atoms with Gasteiger partial charge in [0, 0.05) is 26.2 Å². The van der Waals surface area contributed by atoms with Crippen molar-refractivity contribution in [1.29, 1.82) is 0 Å². The Morgan fingerprint density at radius 2 is 2.21 bits per heavy atom. The van der Waals surface area contributed by atoms with Gasteiger partial charge in [0.15, 0.2) is 0 Å². The lowest BCUT2D eigenvalue weighted by Crippen LogP contribution is -2.30. The summed E-state index contributed by atoms with van der Waals surface area (Å²) in [5.41, 5.74) is 1.03. The largest absolute Gasteiger partial charge is 0.340 e. The van der Waals surface area contributed by atoms with Crippen LogP contribution in [0.25, 0.3) is 5.65 Å². The van der Waals surface area contributed by atoms with Crippen LogP contribution in [-0.2, 0) is 4.79 Å². The van der Waals surface area contributed by atoms with Gasteiger partial charge in [0.05, 0.1) is 0 Å². The Hall–Kier alpha value is -2.63. The zero-order chi connectivity index (χ0) is 20.3. The summed E-state index contributed by atoms with van der Waals surface area (Å²) in [6.07, 6.45) is 7.37. The van der Waals surface area contributed by atoms with Crippen molar-refractivity contribution in [3.63, 3.8) is 0 Å². The van der Waals surface area contributed by atoms with E-state index in [2.05, 4.69) is 30.7 Å². The van der Waals surface area contributed by atoms with Crippen molar-refractivity contribution < 1.29 is 9.59 Å². The van der Waals surface area contributed by atoms with Crippen molar-refractivity contribution in [3.8, 4) is 0 Å². The molecular weight excluding hydrogens is 352 g/mol. The van der Waals surface area contributed by atoms with Crippen LogP contribution in [0.3, 0.4) is 0 Å². The molecule has 0 bridgehead atoms. The van der Waals surface area contributed by atoms with Crippen molar-refractivity contribution in [3.05, 3.63) is 42.7 Å². The lowest BCUT2D eigenvalue weighted by atomic mass is 10.1. The molecule has 3 rings (SSSR count). The Labute approximate surface area is 166 Å². The van der Waals surface area contributed by atoms with Crippen LogP contribution in [0, 0.1) is 17.8 Å². The van der Waals surface area contributed by atoms with E-state index in [0.717, 1.165) is 12.8 Å². The third kappa shape index (κ3) is 4.80. The number of aromatic nitrogens is 2. The maximum atomic E-state index is 12.6. The van der Waals surface area contributed by atoms with Gasteiger partial charge in [0.25, 0.3) is 5.91 Å².